The molecule has 0 N–H and O–H groups in total. The van der Waals surface area contributed by atoms with E-state index < -0.39 is 0 Å². The number of hydrogen-bond donors (Lipinski definition) is 0. The summed E-state index contributed by atoms with van der Waals surface area (Å²) in [5.74, 6) is 0. The minimum atomic E-state index is 0.370. The van der Waals surface area contributed by atoms with E-state index in [0.29, 0.717) is 6.10 Å². The molecule has 0 aromatic heterocycles. The molecule has 18 heavy (non-hydrogen) atoms. The van der Waals surface area contributed by atoms with Crippen LogP contribution in [0.25, 0.3) is 0 Å². The van der Waals surface area contributed by atoms with Crippen molar-refractivity contribution in [2.45, 2.75) is 58.1 Å². The highest BCUT2D eigenvalue weighted by Crippen LogP contribution is 2.21. The first kappa shape index (κ1) is 14.3. The molecule has 0 bridgehead atoms. The quantitative estimate of drug-likeness (QED) is 0.749. The van der Waals surface area contributed by atoms with Crippen LogP contribution in [0.1, 0.15) is 46.0 Å². The van der Waals surface area contributed by atoms with Gasteiger partial charge in [-0.3, -0.25) is 0 Å². The third kappa shape index (κ3) is 4.52. The van der Waals surface area contributed by atoms with Gasteiger partial charge in [0.05, 0.1) is 12.7 Å². The van der Waals surface area contributed by atoms with Gasteiger partial charge < -0.3 is 14.5 Å². The fraction of sp³-hybridized carbons (Fsp3) is 1.00. The molecule has 2 aliphatic rings. The van der Waals surface area contributed by atoms with Gasteiger partial charge in [-0.15, -0.1) is 0 Å². The van der Waals surface area contributed by atoms with Gasteiger partial charge in [0.25, 0.3) is 0 Å². The number of ether oxygens (including phenoxy) is 1. The van der Waals surface area contributed by atoms with Crippen LogP contribution < -0.4 is 0 Å². The largest absolute Gasteiger partial charge is 0.377 e. The van der Waals surface area contributed by atoms with E-state index in [-0.39, 0.29) is 0 Å². The van der Waals surface area contributed by atoms with Crippen LogP contribution >= 0.6 is 0 Å². The second-order valence-corrected chi connectivity index (χ2v) is 6.09. The molecule has 0 amide bonds. The van der Waals surface area contributed by atoms with Crippen LogP contribution in [-0.4, -0.2) is 61.3 Å². The van der Waals surface area contributed by atoms with Crippen molar-refractivity contribution < 1.29 is 4.74 Å². The van der Waals surface area contributed by atoms with Gasteiger partial charge in [0.1, 0.15) is 0 Å². The van der Waals surface area contributed by atoms with Crippen LogP contribution in [0, 0.1) is 0 Å². The Balaban J connectivity index is 1.67. The van der Waals surface area contributed by atoms with Gasteiger partial charge in [0, 0.05) is 12.6 Å². The second kappa shape index (κ2) is 7.46. The highest BCUT2D eigenvalue weighted by atomic mass is 16.5. The zero-order valence-electron chi connectivity index (χ0n) is 12.2. The van der Waals surface area contributed by atoms with E-state index in [1.165, 1.54) is 58.3 Å². The van der Waals surface area contributed by atoms with Crippen LogP contribution in [0.3, 0.4) is 0 Å². The first-order chi connectivity index (χ1) is 8.75. The molecule has 0 saturated carbocycles. The normalized spacial score (nSPS) is 27.8. The van der Waals surface area contributed by atoms with Gasteiger partial charge >= 0.3 is 0 Å². The Labute approximate surface area is 112 Å². The summed E-state index contributed by atoms with van der Waals surface area (Å²) in [7, 11) is 0. The molecule has 2 saturated heterocycles. The maximum Gasteiger partial charge on any atom is 0.0596 e. The number of likely N-dealkylation sites (tertiary alicyclic amines) is 2. The Hall–Kier alpha value is -0.120. The highest BCUT2D eigenvalue weighted by Gasteiger charge is 2.24. The van der Waals surface area contributed by atoms with Crippen LogP contribution in [0.15, 0.2) is 0 Å². The van der Waals surface area contributed by atoms with E-state index in [1.54, 1.807) is 0 Å². The molecular formula is C15H30N2O. The van der Waals surface area contributed by atoms with E-state index >= 15 is 0 Å². The molecule has 3 nitrogen and oxygen atoms in total. The summed E-state index contributed by atoms with van der Waals surface area (Å²) >= 11 is 0. The second-order valence-electron chi connectivity index (χ2n) is 6.09. The van der Waals surface area contributed by atoms with E-state index in [1.807, 2.05) is 0 Å². The zero-order valence-corrected chi connectivity index (χ0v) is 12.2. The number of nitrogens with zero attached hydrogens (tertiary/aromatic N) is 2. The molecule has 0 aromatic rings. The van der Waals surface area contributed by atoms with E-state index in [0.717, 1.165) is 19.2 Å². The minimum Gasteiger partial charge on any atom is -0.377 e. The number of rotatable bonds is 5. The van der Waals surface area contributed by atoms with Crippen molar-refractivity contribution in [2.75, 3.05) is 39.3 Å². The SMILES string of the molecule is CC(C)OCCN1CCCC(N2CCCC2)CC1. The summed E-state index contributed by atoms with van der Waals surface area (Å²) in [5, 5.41) is 0. The van der Waals surface area contributed by atoms with Crippen LogP contribution in [-0.2, 0) is 4.74 Å². The van der Waals surface area contributed by atoms with Crippen molar-refractivity contribution in [1.82, 2.24) is 9.80 Å². The standard InChI is InChI=1S/C15H30N2O/c1-14(2)18-13-12-16-8-5-6-15(7-11-16)17-9-3-4-10-17/h14-15H,3-13H2,1-2H3. The average molecular weight is 254 g/mol. The topological polar surface area (TPSA) is 15.7 Å². The van der Waals surface area contributed by atoms with E-state index in [9.17, 15) is 0 Å². The fourth-order valence-corrected chi connectivity index (χ4v) is 3.25. The first-order valence-electron chi connectivity index (χ1n) is 7.83. The summed E-state index contributed by atoms with van der Waals surface area (Å²) in [6.45, 7) is 11.5. The molecule has 2 heterocycles. The van der Waals surface area contributed by atoms with Crippen molar-refractivity contribution in [3.8, 4) is 0 Å². The minimum absolute atomic E-state index is 0.370. The summed E-state index contributed by atoms with van der Waals surface area (Å²) in [6.07, 6.45) is 7.34. The van der Waals surface area contributed by atoms with Gasteiger partial charge in [0.15, 0.2) is 0 Å². The van der Waals surface area contributed by atoms with Crippen molar-refractivity contribution in [3.05, 3.63) is 0 Å². The molecule has 0 aliphatic carbocycles. The summed E-state index contributed by atoms with van der Waals surface area (Å²) in [6, 6.07) is 0.864. The zero-order chi connectivity index (χ0) is 12.8. The van der Waals surface area contributed by atoms with Crippen LogP contribution in [0.2, 0.25) is 0 Å². The van der Waals surface area contributed by atoms with Crippen molar-refractivity contribution in [3.63, 3.8) is 0 Å². The third-order valence-electron chi connectivity index (χ3n) is 4.31. The Morgan fingerprint density at radius 2 is 1.78 bits per heavy atom. The Kier molecular flexibility index (Phi) is 5.93. The van der Waals surface area contributed by atoms with E-state index in [4.69, 9.17) is 4.74 Å². The van der Waals surface area contributed by atoms with E-state index in [2.05, 4.69) is 23.6 Å². The predicted molar refractivity (Wildman–Crippen MR) is 76.0 cm³/mol. The highest BCUT2D eigenvalue weighted by molar-refractivity contribution is 4.80. The first-order valence-corrected chi connectivity index (χ1v) is 7.83. The molecule has 2 fully saturated rings. The lowest BCUT2D eigenvalue weighted by molar-refractivity contribution is 0.0592. The lowest BCUT2D eigenvalue weighted by Gasteiger charge is -2.26. The average Bonchev–Trinajstić information content (AvgIpc) is 2.76. The van der Waals surface area contributed by atoms with Gasteiger partial charge in [-0.2, -0.15) is 0 Å². The molecule has 2 rings (SSSR count). The maximum atomic E-state index is 5.66. The van der Waals surface area contributed by atoms with Crippen molar-refractivity contribution in [2.24, 2.45) is 0 Å². The summed E-state index contributed by atoms with van der Waals surface area (Å²) in [5.41, 5.74) is 0. The Bertz CT molecular complexity index is 227. The number of hydrogen-bond acceptors (Lipinski definition) is 3. The Morgan fingerprint density at radius 1 is 1.00 bits per heavy atom. The summed E-state index contributed by atoms with van der Waals surface area (Å²) in [4.78, 5) is 5.33. The fourth-order valence-electron chi connectivity index (χ4n) is 3.25. The molecule has 3 heteroatoms. The smallest absolute Gasteiger partial charge is 0.0596 e. The van der Waals surface area contributed by atoms with Crippen LogP contribution in [0.4, 0.5) is 0 Å². The van der Waals surface area contributed by atoms with Gasteiger partial charge in [-0.05, 0) is 72.1 Å². The van der Waals surface area contributed by atoms with Crippen molar-refractivity contribution >= 4 is 0 Å². The molecular weight excluding hydrogens is 224 g/mol. The molecule has 0 radical (unpaired) electrons. The lowest BCUT2D eigenvalue weighted by atomic mass is 10.1. The molecule has 1 atom stereocenters. The lowest BCUT2D eigenvalue weighted by Crippen LogP contribution is -2.34. The molecule has 0 spiro atoms. The third-order valence-corrected chi connectivity index (χ3v) is 4.31. The molecule has 0 aromatic carbocycles. The van der Waals surface area contributed by atoms with Gasteiger partial charge in [-0.25, -0.2) is 0 Å². The van der Waals surface area contributed by atoms with Crippen molar-refractivity contribution in [1.29, 1.82) is 0 Å². The van der Waals surface area contributed by atoms with Gasteiger partial charge in [-0.1, -0.05) is 0 Å². The summed E-state index contributed by atoms with van der Waals surface area (Å²) < 4.78 is 5.66. The van der Waals surface area contributed by atoms with Crippen LogP contribution in [0.5, 0.6) is 0 Å². The molecule has 2 aliphatic heterocycles. The Morgan fingerprint density at radius 3 is 2.50 bits per heavy atom. The van der Waals surface area contributed by atoms with Gasteiger partial charge in [0.2, 0.25) is 0 Å². The monoisotopic (exact) mass is 254 g/mol. The molecule has 1 unspecified atom stereocenters. The maximum absolute atomic E-state index is 5.66. The predicted octanol–water partition coefficient (Wildman–Crippen LogP) is 2.36. The molecule has 106 valence electrons.